The second kappa shape index (κ2) is 17.9. The fourth-order valence-electron chi connectivity index (χ4n) is 3.72. The molecule has 0 aliphatic heterocycles. The first-order valence-electron chi connectivity index (χ1n) is 12.1. The SMILES string of the molecule is C.CCOC(=O)c1c(C)nn(OCc2ccccc2)c1C.Cc1nn(OCc2ccccc2)c(C)c1C(=O)O.[Na+].[OH-]. The molecule has 4 rings (SSSR count). The van der Waals surface area contributed by atoms with Crippen LogP contribution in [0.5, 0.6) is 0 Å². The van der Waals surface area contributed by atoms with E-state index in [2.05, 4.69) is 10.2 Å². The maximum absolute atomic E-state index is 11.8. The number of ether oxygens (including phenoxy) is 1. The Balaban J connectivity index is 0.000000730. The summed E-state index contributed by atoms with van der Waals surface area (Å²) in [6.07, 6.45) is 0. The van der Waals surface area contributed by atoms with Gasteiger partial charge in [0.1, 0.15) is 24.3 Å². The molecule has 0 aliphatic carbocycles. The van der Waals surface area contributed by atoms with E-state index in [0.717, 1.165) is 11.1 Å². The van der Waals surface area contributed by atoms with Crippen LogP contribution in [0.1, 0.15) is 69.0 Å². The number of hydrogen-bond donors (Lipinski definition) is 1. The van der Waals surface area contributed by atoms with Crippen molar-refractivity contribution < 1.29 is 64.1 Å². The van der Waals surface area contributed by atoms with Gasteiger partial charge in [0.25, 0.3) is 0 Å². The fraction of sp³-hybridized carbons (Fsp3) is 0.310. The molecule has 0 atom stereocenters. The molecule has 0 radical (unpaired) electrons. The van der Waals surface area contributed by atoms with Crippen molar-refractivity contribution in [3.05, 3.63) is 106 Å². The normalized spacial score (nSPS) is 9.59. The zero-order chi connectivity index (χ0) is 27.7. The Kier molecular flexibility index (Phi) is 16.3. The first kappa shape index (κ1) is 37.4. The number of aromatic nitrogens is 4. The summed E-state index contributed by atoms with van der Waals surface area (Å²) in [6, 6.07) is 19.4. The number of nitrogens with zero attached hydrogens (tertiary/aromatic N) is 4. The average Bonchev–Trinajstić information content (AvgIpc) is 3.36. The van der Waals surface area contributed by atoms with Gasteiger partial charge in [-0.25, -0.2) is 9.59 Å². The van der Waals surface area contributed by atoms with Gasteiger partial charge in [0, 0.05) is 0 Å². The van der Waals surface area contributed by atoms with E-state index in [1.165, 1.54) is 9.69 Å². The molecule has 12 heteroatoms. The molecule has 0 amide bonds. The van der Waals surface area contributed by atoms with Crippen LogP contribution < -0.4 is 39.2 Å². The van der Waals surface area contributed by atoms with Gasteiger partial charge >= 0.3 is 41.5 Å². The Labute approximate surface area is 262 Å². The predicted octanol–water partition coefficient (Wildman–Crippen LogP) is 1.60. The van der Waals surface area contributed by atoms with Crippen LogP contribution in [-0.4, -0.2) is 49.0 Å². The van der Waals surface area contributed by atoms with Crippen LogP contribution in [0.15, 0.2) is 60.7 Å². The number of esters is 1. The summed E-state index contributed by atoms with van der Waals surface area (Å²) >= 11 is 0. The van der Waals surface area contributed by atoms with Crippen molar-refractivity contribution in [2.45, 2.75) is 55.3 Å². The third-order valence-electron chi connectivity index (χ3n) is 5.59. The second-order valence-corrected chi connectivity index (χ2v) is 8.38. The third kappa shape index (κ3) is 10.0. The van der Waals surface area contributed by atoms with E-state index in [1.54, 1.807) is 34.6 Å². The van der Waals surface area contributed by atoms with E-state index in [-0.39, 0.29) is 54.0 Å². The Morgan fingerprint density at radius 1 is 0.756 bits per heavy atom. The standard InChI is InChI=1S/C15H18N2O3.C13H14N2O3.CH4.Na.H2O/c1-4-19-15(18)14-11(2)16-17(12(14)3)20-10-13-8-6-5-7-9-13;1-9-12(13(16)17)10(2)15(14-9)18-8-11-6-4-3-5-7-11;;;/h5-9H,4,10H2,1-3H3;3-7H,8H2,1-2H3,(H,16,17);1H4;;1H2/q;;;+1;/p-1. The number of aryl methyl sites for hydroxylation is 2. The largest absolute Gasteiger partial charge is 1.00 e. The molecule has 2 aromatic carbocycles. The zero-order valence-corrected chi connectivity index (χ0v) is 25.6. The molecular formula is C29H37N4NaO7. The summed E-state index contributed by atoms with van der Waals surface area (Å²) in [4.78, 5) is 36.6. The minimum Gasteiger partial charge on any atom is -0.870 e. The molecule has 2 heterocycles. The summed E-state index contributed by atoms with van der Waals surface area (Å²) in [6.45, 7) is 9.74. The summed E-state index contributed by atoms with van der Waals surface area (Å²) in [5, 5.41) is 17.3. The van der Waals surface area contributed by atoms with Crippen LogP contribution in [0, 0.1) is 27.7 Å². The zero-order valence-electron chi connectivity index (χ0n) is 23.6. The smallest absolute Gasteiger partial charge is 0.870 e. The van der Waals surface area contributed by atoms with Crippen molar-refractivity contribution in [1.82, 2.24) is 19.9 Å². The van der Waals surface area contributed by atoms with Crippen molar-refractivity contribution in [2.24, 2.45) is 0 Å². The van der Waals surface area contributed by atoms with Gasteiger partial charge in [-0.3, -0.25) is 0 Å². The quantitative estimate of drug-likeness (QED) is 0.232. The molecule has 41 heavy (non-hydrogen) atoms. The van der Waals surface area contributed by atoms with Crippen molar-refractivity contribution in [2.75, 3.05) is 6.61 Å². The molecule has 4 aromatic rings. The van der Waals surface area contributed by atoms with Crippen molar-refractivity contribution >= 4 is 11.9 Å². The Morgan fingerprint density at radius 3 is 1.51 bits per heavy atom. The number of carboxylic acids is 1. The molecule has 0 aliphatic rings. The Bertz CT molecular complexity index is 1370. The van der Waals surface area contributed by atoms with Crippen LogP contribution in [0.4, 0.5) is 0 Å². The van der Waals surface area contributed by atoms with Crippen LogP contribution in [0.25, 0.3) is 0 Å². The van der Waals surface area contributed by atoms with Crippen LogP contribution in [0.2, 0.25) is 0 Å². The van der Waals surface area contributed by atoms with Gasteiger partial charge in [-0.05, 0) is 45.7 Å². The van der Waals surface area contributed by atoms with E-state index in [0.29, 0.717) is 48.2 Å². The molecule has 0 unspecified atom stereocenters. The van der Waals surface area contributed by atoms with E-state index in [1.807, 2.05) is 60.7 Å². The van der Waals surface area contributed by atoms with E-state index in [9.17, 15) is 9.59 Å². The minimum atomic E-state index is -0.987. The molecule has 11 nitrogen and oxygen atoms in total. The number of carbonyl (C=O) groups is 2. The number of rotatable bonds is 9. The average molecular weight is 577 g/mol. The van der Waals surface area contributed by atoms with Crippen molar-refractivity contribution in [3.8, 4) is 0 Å². The molecular weight excluding hydrogens is 539 g/mol. The minimum absolute atomic E-state index is 0. The molecule has 0 bridgehead atoms. The van der Waals surface area contributed by atoms with Gasteiger partial charge in [-0.2, -0.15) is 0 Å². The maximum atomic E-state index is 11.8. The topological polar surface area (TPSA) is 148 Å². The Morgan fingerprint density at radius 2 is 1.15 bits per heavy atom. The van der Waals surface area contributed by atoms with E-state index < -0.39 is 5.97 Å². The summed E-state index contributed by atoms with van der Waals surface area (Å²) in [5.74, 6) is -1.35. The van der Waals surface area contributed by atoms with Crippen LogP contribution >= 0.6 is 0 Å². The van der Waals surface area contributed by atoms with Crippen molar-refractivity contribution in [1.29, 1.82) is 0 Å². The second-order valence-electron chi connectivity index (χ2n) is 8.38. The number of benzene rings is 2. The van der Waals surface area contributed by atoms with Gasteiger partial charge in [-0.1, -0.05) is 68.1 Å². The molecule has 0 spiro atoms. The van der Waals surface area contributed by atoms with Crippen LogP contribution in [-0.2, 0) is 18.0 Å². The first-order chi connectivity index (χ1) is 18.2. The van der Waals surface area contributed by atoms with E-state index in [4.69, 9.17) is 19.5 Å². The van der Waals surface area contributed by atoms with Crippen molar-refractivity contribution in [3.63, 3.8) is 0 Å². The van der Waals surface area contributed by atoms with Gasteiger partial charge in [0.2, 0.25) is 0 Å². The summed E-state index contributed by atoms with van der Waals surface area (Å²) in [7, 11) is 0. The van der Waals surface area contributed by atoms with Gasteiger partial charge in [0.05, 0.1) is 29.4 Å². The molecule has 216 valence electrons. The van der Waals surface area contributed by atoms with Gasteiger partial charge in [0.15, 0.2) is 0 Å². The first-order valence-corrected chi connectivity index (χ1v) is 12.1. The molecule has 0 fully saturated rings. The molecule has 0 saturated heterocycles. The van der Waals surface area contributed by atoms with Gasteiger partial charge < -0.3 is 25.0 Å². The number of aromatic carboxylic acids is 1. The number of carbonyl (C=O) groups excluding carboxylic acids is 1. The monoisotopic (exact) mass is 576 g/mol. The van der Waals surface area contributed by atoms with E-state index >= 15 is 0 Å². The van der Waals surface area contributed by atoms with Gasteiger partial charge in [-0.15, -0.1) is 19.9 Å². The molecule has 2 aromatic heterocycles. The fourth-order valence-corrected chi connectivity index (χ4v) is 3.72. The maximum Gasteiger partial charge on any atom is 1.00 e. The molecule has 2 N–H and O–H groups in total. The summed E-state index contributed by atoms with van der Waals surface area (Å²) in [5.41, 5.74) is 4.91. The predicted molar refractivity (Wildman–Crippen MR) is 148 cm³/mol. The molecule has 0 saturated carbocycles. The third-order valence-corrected chi connectivity index (χ3v) is 5.59. The number of carboxylic acid groups (broad SMARTS) is 1. The van der Waals surface area contributed by atoms with Crippen LogP contribution in [0.3, 0.4) is 0 Å². The summed E-state index contributed by atoms with van der Waals surface area (Å²) < 4.78 is 5.02. The Hall–Kier alpha value is -3.64. The number of hydrogen-bond acceptors (Lipinski definition) is 8.